The molecule has 1 aromatic heterocycles. The lowest BCUT2D eigenvalue weighted by Gasteiger charge is -2.25. The summed E-state index contributed by atoms with van der Waals surface area (Å²) >= 11 is 3.42. The Labute approximate surface area is 166 Å². The van der Waals surface area contributed by atoms with Gasteiger partial charge in [-0.25, -0.2) is 0 Å². The topological polar surface area (TPSA) is 71.7 Å². The Morgan fingerprint density at radius 1 is 1.15 bits per heavy atom. The molecule has 0 bridgehead atoms. The molecule has 1 amide bonds. The summed E-state index contributed by atoms with van der Waals surface area (Å²) in [5, 5.41) is 13.5. The monoisotopic (exact) mass is 429 g/mol. The first-order valence-electron chi connectivity index (χ1n) is 8.47. The Bertz CT molecular complexity index is 905. The van der Waals surface area contributed by atoms with Crippen molar-refractivity contribution in [2.24, 2.45) is 0 Å². The second-order valence-corrected chi connectivity index (χ2v) is 7.17. The summed E-state index contributed by atoms with van der Waals surface area (Å²) in [5.74, 6) is 0.481. The normalized spacial score (nSPS) is 13.0. The van der Waals surface area contributed by atoms with Crippen molar-refractivity contribution in [2.75, 3.05) is 6.54 Å². The van der Waals surface area contributed by atoms with Crippen LogP contribution in [-0.2, 0) is 12.2 Å². The summed E-state index contributed by atoms with van der Waals surface area (Å²) in [7, 11) is 0. The highest BCUT2D eigenvalue weighted by molar-refractivity contribution is 9.10. The molecule has 6 heteroatoms. The molecule has 1 heterocycles. The first-order chi connectivity index (χ1) is 13.0. The molecule has 0 fully saturated rings. The van der Waals surface area contributed by atoms with E-state index in [1.165, 1.54) is 6.26 Å². The molecule has 1 atom stereocenters. The van der Waals surface area contributed by atoms with E-state index in [9.17, 15) is 9.90 Å². The van der Waals surface area contributed by atoms with Crippen molar-refractivity contribution >= 4 is 21.8 Å². The minimum absolute atomic E-state index is 0.0358. The molecule has 0 aliphatic carbocycles. The number of carbonyl (C=O) groups is 1. The zero-order valence-electron chi connectivity index (χ0n) is 14.8. The number of hydrogen-bond acceptors (Lipinski definition) is 4. The fourth-order valence-electron chi connectivity index (χ4n) is 2.65. The van der Waals surface area contributed by atoms with Crippen molar-refractivity contribution in [3.63, 3.8) is 0 Å². The lowest BCUT2D eigenvalue weighted by Crippen LogP contribution is -2.39. The first-order valence-corrected chi connectivity index (χ1v) is 9.26. The number of nitrogens with one attached hydrogen (secondary N) is 1. The number of hydrogen-bond donors (Lipinski definition) is 2. The van der Waals surface area contributed by atoms with Crippen LogP contribution in [0.3, 0.4) is 0 Å². The molecule has 3 rings (SSSR count). The molecule has 0 radical (unpaired) electrons. The van der Waals surface area contributed by atoms with Crippen LogP contribution in [0, 0.1) is 0 Å². The molecule has 5 nitrogen and oxygen atoms in total. The van der Waals surface area contributed by atoms with E-state index in [1.54, 1.807) is 13.0 Å². The first kappa shape index (κ1) is 19.2. The summed E-state index contributed by atoms with van der Waals surface area (Å²) in [6.45, 7) is 1.90. The molecule has 2 aromatic carbocycles. The number of ether oxygens (including phenoxy) is 1. The molecule has 27 heavy (non-hydrogen) atoms. The molecule has 0 saturated heterocycles. The fourth-order valence-corrected chi connectivity index (χ4v) is 3.36. The van der Waals surface area contributed by atoms with Crippen molar-refractivity contribution in [3.8, 4) is 5.75 Å². The second kappa shape index (κ2) is 8.41. The van der Waals surface area contributed by atoms with Gasteiger partial charge >= 0.3 is 0 Å². The summed E-state index contributed by atoms with van der Waals surface area (Å²) in [6.07, 6.45) is 1.45. The third kappa shape index (κ3) is 4.78. The number of carbonyl (C=O) groups excluding carboxylic acids is 1. The van der Waals surface area contributed by atoms with E-state index in [1.807, 2.05) is 54.6 Å². The van der Waals surface area contributed by atoms with Gasteiger partial charge in [-0.05, 0) is 36.8 Å². The Morgan fingerprint density at radius 3 is 2.59 bits per heavy atom. The van der Waals surface area contributed by atoms with Gasteiger partial charge in [0.15, 0.2) is 5.76 Å². The Kier molecular flexibility index (Phi) is 5.98. The van der Waals surface area contributed by atoms with Crippen LogP contribution >= 0.6 is 15.9 Å². The quantitative estimate of drug-likeness (QED) is 0.588. The van der Waals surface area contributed by atoms with Gasteiger partial charge in [0.2, 0.25) is 0 Å². The van der Waals surface area contributed by atoms with Gasteiger partial charge in [0.25, 0.3) is 5.91 Å². The van der Waals surface area contributed by atoms with Gasteiger partial charge in [-0.3, -0.25) is 4.79 Å². The van der Waals surface area contributed by atoms with Crippen LogP contribution in [0.25, 0.3) is 0 Å². The Hall–Kier alpha value is -2.57. The van der Waals surface area contributed by atoms with Crippen molar-refractivity contribution < 1.29 is 19.1 Å². The average Bonchev–Trinajstić information content (AvgIpc) is 3.14. The van der Waals surface area contributed by atoms with Gasteiger partial charge in [-0.15, -0.1) is 0 Å². The van der Waals surface area contributed by atoms with Crippen LogP contribution in [0.1, 0.15) is 28.6 Å². The third-order valence-corrected chi connectivity index (χ3v) is 4.83. The summed E-state index contributed by atoms with van der Waals surface area (Å²) in [4.78, 5) is 12.5. The molecule has 140 valence electrons. The summed E-state index contributed by atoms with van der Waals surface area (Å²) < 4.78 is 11.8. The van der Waals surface area contributed by atoms with Crippen LogP contribution in [0.4, 0.5) is 0 Å². The zero-order valence-corrected chi connectivity index (χ0v) is 16.4. The minimum atomic E-state index is -1.23. The van der Waals surface area contributed by atoms with Gasteiger partial charge < -0.3 is 19.6 Å². The molecular formula is C21H20BrNO4. The highest BCUT2D eigenvalue weighted by Gasteiger charge is 2.27. The molecule has 2 N–H and O–H groups in total. The second-order valence-electron chi connectivity index (χ2n) is 6.31. The highest BCUT2D eigenvalue weighted by atomic mass is 79.9. The van der Waals surface area contributed by atoms with Crippen molar-refractivity contribution in [3.05, 3.63) is 88.3 Å². The van der Waals surface area contributed by atoms with Crippen LogP contribution in [0.5, 0.6) is 5.75 Å². The third-order valence-electron chi connectivity index (χ3n) is 4.14. The van der Waals surface area contributed by atoms with E-state index in [-0.39, 0.29) is 18.9 Å². The standard InChI is InChI=1S/C21H20BrNO4/c1-21(25,17-9-5-6-10-18(17)22)14-23-20(24)19-15(11-12-26-19)13-27-16-7-3-2-4-8-16/h2-12,25H,13-14H2,1H3,(H,23,24)/t21-/m1/s1. The fraction of sp³-hybridized carbons (Fsp3) is 0.190. The van der Waals surface area contributed by atoms with Crippen molar-refractivity contribution in [1.29, 1.82) is 0 Å². The lowest BCUT2D eigenvalue weighted by molar-refractivity contribution is 0.0512. The maximum absolute atomic E-state index is 12.5. The van der Waals surface area contributed by atoms with Gasteiger partial charge in [-0.2, -0.15) is 0 Å². The Balaban J connectivity index is 1.63. The molecule has 0 aliphatic rings. The number of amides is 1. The number of rotatable bonds is 7. The van der Waals surface area contributed by atoms with Crippen LogP contribution in [0.2, 0.25) is 0 Å². The van der Waals surface area contributed by atoms with E-state index in [0.717, 1.165) is 4.47 Å². The van der Waals surface area contributed by atoms with Gasteiger partial charge in [0.05, 0.1) is 12.8 Å². The number of para-hydroxylation sites is 1. The van der Waals surface area contributed by atoms with Gasteiger partial charge in [-0.1, -0.05) is 52.3 Å². The number of benzene rings is 2. The van der Waals surface area contributed by atoms with Gasteiger partial charge in [0.1, 0.15) is 18.0 Å². The Morgan fingerprint density at radius 2 is 1.85 bits per heavy atom. The van der Waals surface area contributed by atoms with E-state index >= 15 is 0 Å². The molecule has 3 aromatic rings. The van der Waals surface area contributed by atoms with E-state index in [0.29, 0.717) is 16.9 Å². The number of halogens is 1. The smallest absolute Gasteiger partial charge is 0.287 e. The lowest BCUT2D eigenvalue weighted by atomic mass is 9.96. The van der Waals surface area contributed by atoms with E-state index in [2.05, 4.69) is 21.2 Å². The maximum atomic E-state index is 12.5. The predicted molar refractivity (Wildman–Crippen MR) is 106 cm³/mol. The number of aliphatic hydroxyl groups is 1. The molecule has 0 aliphatic heterocycles. The molecular weight excluding hydrogens is 410 g/mol. The molecule has 0 spiro atoms. The molecule has 0 unspecified atom stereocenters. The largest absolute Gasteiger partial charge is 0.489 e. The summed E-state index contributed by atoms with van der Waals surface area (Å²) in [5.41, 5.74) is 0.0949. The van der Waals surface area contributed by atoms with Crippen LogP contribution in [0.15, 0.2) is 75.8 Å². The van der Waals surface area contributed by atoms with Crippen molar-refractivity contribution in [1.82, 2.24) is 5.32 Å². The number of furan rings is 1. The zero-order chi connectivity index (χ0) is 19.3. The minimum Gasteiger partial charge on any atom is -0.489 e. The maximum Gasteiger partial charge on any atom is 0.287 e. The van der Waals surface area contributed by atoms with Crippen LogP contribution in [-0.4, -0.2) is 17.6 Å². The average molecular weight is 430 g/mol. The van der Waals surface area contributed by atoms with Crippen LogP contribution < -0.4 is 10.1 Å². The summed E-state index contributed by atoms with van der Waals surface area (Å²) in [6, 6.07) is 18.4. The predicted octanol–water partition coefficient (Wildman–Crippen LogP) is 4.26. The van der Waals surface area contributed by atoms with E-state index < -0.39 is 11.5 Å². The molecule has 0 saturated carbocycles. The SMILES string of the molecule is C[C@@](O)(CNC(=O)c1occc1COc1ccccc1)c1ccccc1Br. The highest BCUT2D eigenvalue weighted by Crippen LogP contribution is 2.27. The van der Waals surface area contributed by atoms with E-state index in [4.69, 9.17) is 9.15 Å². The van der Waals surface area contributed by atoms with Gasteiger partial charge in [0, 0.05) is 10.0 Å². The van der Waals surface area contributed by atoms with Crippen molar-refractivity contribution in [2.45, 2.75) is 19.1 Å².